The number of halogens is 3. The van der Waals surface area contributed by atoms with Gasteiger partial charge in [0.2, 0.25) is 11.8 Å². The van der Waals surface area contributed by atoms with Crippen molar-refractivity contribution in [2.24, 2.45) is 5.73 Å². The van der Waals surface area contributed by atoms with Crippen LogP contribution in [0.2, 0.25) is 0 Å². The lowest BCUT2D eigenvalue weighted by molar-refractivity contribution is -0.138. The van der Waals surface area contributed by atoms with E-state index in [1.807, 2.05) is 0 Å². The molecule has 120 valence electrons. The highest BCUT2D eigenvalue weighted by atomic mass is 19.2. The molecule has 0 unspecified atom stereocenters. The van der Waals surface area contributed by atoms with E-state index in [0.717, 1.165) is 6.07 Å². The van der Waals surface area contributed by atoms with Crippen molar-refractivity contribution in [3.05, 3.63) is 35.1 Å². The fourth-order valence-electron chi connectivity index (χ4n) is 2.28. The van der Waals surface area contributed by atoms with Crippen molar-refractivity contribution in [2.75, 3.05) is 19.6 Å². The number of carbonyl (C=O) groups excluding carboxylic acids is 2. The quantitative estimate of drug-likeness (QED) is 0.786. The van der Waals surface area contributed by atoms with Crippen LogP contribution in [0.1, 0.15) is 12.0 Å². The van der Waals surface area contributed by atoms with E-state index in [-0.39, 0.29) is 36.8 Å². The molecule has 0 radical (unpaired) electrons. The summed E-state index contributed by atoms with van der Waals surface area (Å²) >= 11 is 0. The van der Waals surface area contributed by atoms with Gasteiger partial charge in [-0.3, -0.25) is 9.59 Å². The number of nitrogens with zero attached hydrogens (tertiary/aromatic N) is 1. The first kappa shape index (κ1) is 16.3. The average molecular weight is 315 g/mol. The van der Waals surface area contributed by atoms with Crippen LogP contribution in [0.4, 0.5) is 13.2 Å². The molecule has 1 saturated heterocycles. The Labute approximate surface area is 125 Å². The number of hydrogen-bond acceptors (Lipinski definition) is 3. The fraction of sp³-hybridized carbons (Fsp3) is 0.429. The van der Waals surface area contributed by atoms with Crippen LogP contribution in [0.3, 0.4) is 0 Å². The second kappa shape index (κ2) is 6.78. The van der Waals surface area contributed by atoms with Crippen LogP contribution < -0.4 is 11.1 Å². The molecule has 22 heavy (non-hydrogen) atoms. The molecule has 1 aliphatic rings. The summed E-state index contributed by atoms with van der Waals surface area (Å²) < 4.78 is 39.5. The lowest BCUT2D eigenvalue weighted by Crippen LogP contribution is -2.51. The number of hydrogen-bond donors (Lipinski definition) is 2. The van der Waals surface area contributed by atoms with Crippen LogP contribution in [0.25, 0.3) is 0 Å². The molecule has 0 saturated carbocycles. The van der Waals surface area contributed by atoms with E-state index in [9.17, 15) is 22.8 Å². The number of benzene rings is 1. The molecule has 1 aromatic carbocycles. The van der Waals surface area contributed by atoms with E-state index in [4.69, 9.17) is 5.73 Å². The molecule has 1 fully saturated rings. The Balaban J connectivity index is 1.95. The van der Waals surface area contributed by atoms with Gasteiger partial charge in [-0.1, -0.05) is 0 Å². The van der Waals surface area contributed by atoms with Crippen molar-refractivity contribution in [1.29, 1.82) is 0 Å². The predicted molar refractivity (Wildman–Crippen MR) is 72.2 cm³/mol. The maximum atomic E-state index is 13.5. The monoisotopic (exact) mass is 315 g/mol. The fourth-order valence-corrected chi connectivity index (χ4v) is 2.28. The number of nitrogens with one attached hydrogen (secondary N) is 1. The van der Waals surface area contributed by atoms with Crippen LogP contribution in [0.5, 0.6) is 0 Å². The Morgan fingerprint density at radius 3 is 2.64 bits per heavy atom. The zero-order chi connectivity index (χ0) is 16.3. The van der Waals surface area contributed by atoms with E-state index in [0.29, 0.717) is 19.2 Å². The Hall–Kier alpha value is -2.09. The van der Waals surface area contributed by atoms with Gasteiger partial charge in [-0.15, -0.1) is 0 Å². The molecule has 8 heteroatoms. The van der Waals surface area contributed by atoms with E-state index in [1.54, 1.807) is 0 Å². The lowest BCUT2D eigenvalue weighted by atomic mass is 10.0. The number of nitrogens with two attached hydrogens (primary N) is 1. The summed E-state index contributed by atoms with van der Waals surface area (Å²) in [4.78, 5) is 24.6. The summed E-state index contributed by atoms with van der Waals surface area (Å²) in [6, 6.07) is 0.439. The molecule has 0 aromatic heterocycles. The summed E-state index contributed by atoms with van der Waals surface area (Å²) in [5, 5.41) is 2.59. The summed E-state index contributed by atoms with van der Waals surface area (Å²) in [5.41, 5.74) is 5.69. The second-order valence-corrected chi connectivity index (χ2v) is 5.19. The molecule has 1 aliphatic heterocycles. The van der Waals surface area contributed by atoms with Gasteiger partial charge >= 0.3 is 0 Å². The van der Waals surface area contributed by atoms with Gasteiger partial charge in [-0.05, 0) is 18.1 Å². The number of rotatable bonds is 4. The Bertz CT molecular complexity index is 595. The molecule has 0 spiro atoms. The van der Waals surface area contributed by atoms with Gasteiger partial charge in [-0.25, -0.2) is 13.2 Å². The summed E-state index contributed by atoms with van der Waals surface area (Å²) in [6.07, 6.45) is -0.208. The minimum atomic E-state index is -1.27. The standard InChI is InChI=1S/C14H16F3N3O2/c15-10-6-12(17)11(16)4-8(10)3-9(18)5-14(22)20-2-1-19-13(21)7-20/h4,6,9H,1-3,5,7,18H2,(H,19,21)/t9-/m1/s1. The lowest BCUT2D eigenvalue weighted by Gasteiger charge is -2.27. The van der Waals surface area contributed by atoms with Crippen LogP contribution in [-0.2, 0) is 16.0 Å². The van der Waals surface area contributed by atoms with Crippen LogP contribution >= 0.6 is 0 Å². The third-order valence-electron chi connectivity index (χ3n) is 3.40. The van der Waals surface area contributed by atoms with Gasteiger partial charge in [0.15, 0.2) is 11.6 Å². The molecule has 1 atom stereocenters. The van der Waals surface area contributed by atoms with E-state index >= 15 is 0 Å². The number of piperazine rings is 1. The maximum absolute atomic E-state index is 13.5. The van der Waals surface area contributed by atoms with Gasteiger partial charge in [0.05, 0.1) is 6.54 Å². The molecule has 3 N–H and O–H groups in total. The van der Waals surface area contributed by atoms with Gasteiger partial charge in [-0.2, -0.15) is 0 Å². The second-order valence-electron chi connectivity index (χ2n) is 5.19. The first-order valence-corrected chi connectivity index (χ1v) is 6.80. The average Bonchev–Trinajstić information content (AvgIpc) is 2.44. The van der Waals surface area contributed by atoms with Gasteiger partial charge in [0.1, 0.15) is 5.82 Å². The van der Waals surface area contributed by atoms with Crippen LogP contribution in [-0.4, -0.2) is 42.4 Å². The smallest absolute Gasteiger partial charge is 0.239 e. The molecule has 0 aliphatic carbocycles. The van der Waals surface area contributed by atoms with Crippen molar-refractivity contribution in [3.8, 4) is 0 Å². The first-order valence-electron chi connectivity index (χ1n) is 6.80. The van der Waals surface area contributed by atoms with Gasteiger partial charge in [0, 0.05) is 31.6 Å². The van der Waals surface area contributed by atoms with E-state index in [2.05, 4.69) is 5.32 Å². The van der Waals surface area contributed by atoms with Crippen molar-refractivity contribution < 1.29 is 22.8 Å². The number of amides is 2. The van der Waals surface area contributed by atoms with E-state index in [1.165, 1.54) is 4.90 Å². The van der Waals surface area contributed by atoms with Crippen LogP contribution in [0, 0.1) is 17.5 Å². The Morgan fingerprint density at radius 1 is 1.27 bits per heavy atom. The minimum Gasteiger partial charge on any atom is -0.353 e. The molecule has 1 heterocycles. The third-order valence-corrected chi connectivity index (χ3v) is 3.40. The van der Waals surface area contributed by atoms with Crippen molar-refractivity contribution in [1.82, 2.24) is 10.2 Å². The highest BCUT2D eigenvalue weighted by Crippen LogP contribution is 2.16. The largest absolute Gasteiger partial charge is 0.353 e. The maximum Gasteiger partial charge on any atom is 0.239 e. The highest BCUT2D eigenvalue weighted by Gasteiger charge is 2.23. The van der Waals surface area contributed by atoms with Crippen molar-refractivity contribution >= 4 is 11.8 Å². The van der Waals surface area contributed by atoms with Gasteiger partial charge in [0.25, 0.3) is 0 Å². The van der Waals surface area contributed by atoms with Crippen molar-refractivity contribution in [2.45, 2.75) is 18.9 Å². The normalized spacial score (nSPS) is 16.4. The Morgan fingerprint density at radius 2 is 1.95 bits per heavy atom. The SMILES string of the molecule is N[C@@H](CC(=O)N1CCNC(=O)C1)Cc1cc(F)c(F)cc1F. The first-order chi connectivity index (χ1) is 10.4. The molecular formula is C14H16F3N3O2. The topological polar surface area (TPSA) is 75.4 Å². The molecule has 5 nitrogen and oxygen atoms in total. The summed E-state index contributed by atoms with van der Waals surface area (Å²) in [7, 11) is 0. The van der Waals surface area contributed by atoms with Crippen molar-refractivity contribution in [3.63, 3.8) is 0 Å². The molecule has 0 bridgehead atoms. The minimum absolute atomic E-state index is 0.0366. The molecule has 2 rings (SSSR count). The summed E-state index contributed by atoms with van der Waals surface area (Å²) in [5.74, 6) is -3.92. The molecule has 1 aromatic rings. The third kappa shape index (κ3) is 3.97. The molecular weight excluding hydrogens is 299 g/mol. The zero-order valence-electron chi connectivity index (χ0n) is 11.7. The van der Waals surface area contributed by atoms with Crippen LogP contribution in [0.15, 0.2) is 12.1 Å². The number of carbonyl (C=O) groups is 2. The predicted octanol–water partition coefficient (Wildman–Crippen LogP) is 0.322. The summed E-state index contributed by atoms with van der Waals surface area (Å²) in [6.45, 7) is 0.722. The zero-order valence-corrected chi connectivity index (χ0v) is 11.7. The molecule has 2 amide bonds. The highest BCUT2D eigenvalue weighted by molar-refractivity contribution is 5.86. The van der Waals surface area contributed by atoms with Gasteiger partial charge < -0.3 is 16.0 Å². The van der Waals surface area contributed by atoms with E-state index < -0.39 is 23.5 Å². The Kier molecular flexibility index (Phi) is 5.02.